The fourth-order valence-electron chi connectivity index (χ4n) is 2.45. The van der Waals surface area contributed by atoms with Gasteiger partial charge in [-0.2, -0.15) is 0 Å². The molecule has 1 atom stereocenters. The minimum absolute atomic E-state index is 0.0768. The highest BCUT2D eigenvalue weighted by Gasteiger charge is 2.29. The molecule has 1 aliphatic rings. The van der Waals surface area contributed by atoms with Crippen LogP contribution in [0.3, 0.4) is 0 Å². The zero-order chi connectivity index (χ0) is 15.9. The van der Waals surface area contributed by atoms with Crippen molar-refractivity contribution in [3.63, 3.8) is 0 Å². The van der Waals surface area contributed by atoms with Gasteiger partial charge in [0.2, 0.25) is 5.91 Å². The van der Waals surface area contributed by atoms with Crippen LogP contribution >= 0.6 is 0 Å². The van der Waals surface area contributed by atoms with Crippen molar-refractivity contribution >= 4 is 17.6 Å². The van der Waals surface area contributed by atoms with Crippen molar-refractivity contribution < 1.29 is 19.4 Å². The average Bonchev–Trinajstić information content (AvgIpc) is 2.53. The van der Waals surface area contributed by atoms with Crippen molar-refractivity contribution in [2.75, 3.05) is 38.6 Å². The van der Waals surface area contributed by atoms with Crippen LogP contribution in [0.15, 0.2) is 24.3 Å². The van der Waals surface area contributed by atoms with Gasteiger partial charge in [0, 0.05) is 37.9 Å². The van der Waals surface area contributed by atoms with Gasteiger partial charge in [-0.05, 0) is 12.1 Å². The van der Waals surface area contributed by atoms with E-state index in [-0.39, 0.29) is 12.3 Å². The molecule has 0 spiro atoms. The summed E-state index contributed by atoms with van der Waals surface area (Å²) in [7, 11) is 1.55. The van der Waals surface area contributed by atoms with Crippen molar-refractivity contribution in [1.82, 2.24) is 10.2 Å². The second-order valence-electron chi connectivity index (χ2n) is 5.12. The Bertz CT molecular complexity index is 529. The molecule has 0 aliphatic carbocycles. The standard InChI is InChI=1S/C15H21N3O4/c1-22-12-4-2-3-11(9-12)17-14(19)10-13(15(20)21)18-7-5-16-6-8-18/h2-4,9,13,16H,5-8,10H2,1H3,(H,17,19)(H,20,21). The fourth-order valence-corrected chi connectivity index (χ4v) is 2.45. The number of methoxy groups -OCH3 is 1. The van der Waals surface area contributed by atoms with Crippen LogP contribution in [0.5, 0.6) is 5.75 Å². The predicted molar refractivity (Wildman–Crippen MR) is 82.1 cm³/mol. The number of carboxylic acids is 1. The van der Waals surface area contributed by atoms with Crippen LogP contribution in [-0.4, -0.2) is 61.2 Å². The number of aliphatic carboxylic acids is 1. The molecule has 1 aliphatic heterocycles. The maximum absolute atomic E-state index is 12.1. The lowest BCUT2D eigenvalue weighted by atomic mass is 10.1. The van der Waals surface area contributed by atoms with E-state index in [1.165, 1.54) is 0 Å². The molecule has 1 heterocycles. The van der Waals surface area contributed by atoms with Gasteiger partial charge in [-0.25, -0.2) is 0 Å². The largest absolute Gasteiger partial charge is 0.497 e. The Morgan fingerprint density at radius 2 is 2.14 bits per heavy atom. The number of hydrogen-bond acceptors (Lipinski definition) is 5. The van der Waals surface area contributed by atoms with E-state index >= 15 is 0 Å². The molecule has 0 aromatic heterocycles. The Hall–Kier alpha value is -2.12. The molecule has 2 rings (SSSR count). The molecule has 0 bridgehead atoms. The molecule has 1 aromatic rings. The zero-order valence-electron chi connectivity index (χ0n) is 12.5. The first kappa shape index (κ1) is 16.3. The zero-order valence-corrected chi connectivity index (χ0v) is 12.5. The van der Waals surface area contributed by atoms with Gasteiger partial charge in [0.05, 0.1) is 13.5 Å². The third kappa shape index (κ3) is 4.44. The summed E-state index contributed by atoms with van der Waals surface area (Å²) in [5.74, 6) is -0.656. The number of benzene rings is 1. The van der Waals surface area contributed by atoms with Gasteiger partial charge in [0.15, 0.2) is 0 Å². The molecule has 7 heteroatoms. The molecule has 22 heavy (non-hydrogen) atoms. The van der Waals surface area contributed by atoms with Crippen molar-refractivity contribution in [2.24, 2.45) is 0 Å². The molecule has 1 unspecified atom stereocenters. The highest BCUT2D eigenvalue weighted by molar-refractivity contribution is 5.94. The summed E-state index contributed by atoms with van der Waals surface area (Å²) in [5.41, 5.74) is 0.591. The molecule has 120 valence electrons. The number of hydrogen-bond donors (Lipinski definition) is 3. The van der Waals surface area contributed by atoms with Crippen LogP contribution in [0, 0.1) is 0 Å². The molecular formula is C15H21N3O4. The minimum Gasteiger partial charge on any atom is -0.497 e. The highest BCUT2D eigenvalue weighted by atomic mass is 16.5. The van der Waals surface area contributed by atoms with Gasteiger partial charge in [0.25, 0.3) is 0 Å². The third-order valence-corrected chi connectivity index (χ3v) is 3.61. The highest BCUT2D eigenvalue weighted by Crippen LogP contribution is 2.17. The van der Waals surface area contributed by atoms with Crippen LogP contribution in [-0.2, 0) is 9.59 Å². The van der Waals surface area contributed by atoms with Gasteiger partial charge in [-0.15, -0.1) is 0 Å². The van der Waals surface area contributed by atoms with E-state index in [4.69, 9.17) is 4.74 Å². The fraction of sp³-hybridized carbons (Fsp3) is 0.467. The SMILES string of the molecule is COc1cccc(NC(=O)CC(C(=O)O)N2CCNCC2)c1. The Labute approximate surface area is 129 Å². The van der Waals surface area contributed by atoms with E-state index in [1.807, 2.05) is 4.90 Å². The van der Waals surface area contributed by atoms with Crippen molar-refractivity contribution in [3.05, 3.63) is 24.3 Å². The topological polar surface area (TPSA) is 90.9 Å². The lowest BCUT2D eigenvalue weighted by molar-refractivity contribution is -0.145. The summed E-state index contributed by atoms with van der Waals surface area (Å²) in [4.78, 5) is 25.4. The van der Waals surface area contributed by atoms with Crippen LogP contribution in [0.4, 0.5) is 5.69 Å². The number of piperazine rings is 1. The monoisotopic (exact) mass is 307 g/mol. The predicted octanol–water partition coefficient (Wildman–Crippen LogP) is 0.382. The number of anilines is 1. The maximum atomic E-state index is 12.1. The third-order valence-electron chi connectivity index (χ3n) is 3.61. The van der Waals surface area contributed by atoms with Gasteiger partial charge >= 0.3 is 5.97 Å². The summed E-state index contributed by atoms with van der Waals surface area (Å²) in [6.45, 7) is 2.73. The first-order valence-corrected chi connectivity index (χ1v) is 7.21. The van der Waals surface area contributed by atoms with E-state index in [2.05, 4.69) is 10.6 Å². The number of ether oxygens (including phenoxy) is 1. The van der Waals surface area contributed by atoms with Crippen LogP contribution in [0.2, 0.25) is 0 Å². The Morgan fingerprint density at radius 1 is 1.41 bits per heavy atom. The summed E-state index contributed by atoms with van der Waals surface area (Å²) >= 11 is 0. The van der Waals surface area contributed by atoms with E-state index in [0.717, 1.165) is 13.1 Å². The lowest BCUT2D eigenvalue weighted by Crippen LogP contribution is -2.52. The summed E-state index contributed by atoms with van der Waals surface area (Å²) in [6, 6.07) is 6.17. The Balaban J connectivity index is 1.96. The number of carbonyl (C=O) groups is 2. The van der Waals surface area contributed by atoms with Gasteiger partial charge < -0.3 is 20.5 Å². The van der Waals surface area contributed by atoms with Crippen molar-refractivity contribution in [1.29, 1.82) is 0 Å². The van der Waals surface area contributed by atoms with Crippen LogP contribution < -0.4 is 15.4 Å². The van der Waals surface area contributed by atoms with Crippen LogP contribution in [0.25, 0.3) is 0 Å². The van der Waals surface area contributed by atoms with Gasteiger partial charge in [-0.3, -0.25) is 14.5 Å². The first-order chi connectivity index (χ1) is 10.6. The second-order valence-corrected chi connectivity index (χ2v) is 5.12. The van der Waals surface area contributed by atoms with E-state index < -0.39 is 12.0 Å². The summed E-state index contributed by atoms with van der Waals surface area (Å²) in [5, 5.41) is 15.2. The number of nitrogens with zero attached hydrogens (tertiary/aromatic N) is 1. The molecule has 1 amide bonds. The quantitative estimate of drug-likeness (QED) is 0.704. The van der Waals surface area contributed by atoms with Crippen molar-refractivity contribution in [2.45, 2.75) is 12.5 Å². The number of amides is 1. The average molecular weight is 307 g/mol. The molecule has 0 saturated carbocycles. The van der Waals surface area contributed by atoms with E-state index in [9.17, 15) is 14.7 Å². The molecule has 1 fully saturated rings. The van der Waals surface area contributed by atoms with Crippen molar-refractivity contribution in [3.8, 4) is 5.75 Å². The molecule has 7 nitrogen and oxygen atoms in total. The maximum Gasteiger partial charge on any atom is 0.321 e. The molecule has 3 N–H and O–H groups in total. The van der Waals surface area contributed by atoms with Gasteiger partial charge in [-0.1, -0.05) is 6.07 Å². The number of rotatable bonds is 6. The second kappa shape index (κ2) is 7.77. The molecular weight excluding hydrogens is 286 g/mol. The Morgan fingerprint density at radius 3 is 2.77 bits per heavy atom. The Kier molecular flexibility index (Phi) is 5.74. The normalized spacial score (nSPS) is 16.8. The minimum atomic E-state index is -0.970. The summed E-state index contributed by atoms with van der Waals surface area (Å²) in [6.07, 6.45) is -0.0768. The van der Waals surface area contributed by atoms with Crippen LogP contribution in [0.1, 0.15) is 6.42 Å². The number of carbonyl (C=O) groups excluding carboxylic acids is 1. The molecule has 1 aromatic carbocycles. The smallest absolute Gasteiger partial charge is 0.321 e. The first-order valence-electron chi connectivity index (χ1n) is 7.21. The number of carboxylic acid groups (broad SMARTS) is 1. The van der Waals surface area contributed by atoms with E-state index in [0.29, 0.717) is 24.5 Å². The number of nitrogens with one attached hydrogen (secondary N) is 2. The van der Waals surface area contributed by atoms with E-state index in [1.54, 1.807) is 31.4 Å². The molecule has 0 radical (unpaired) electrons. The lowest BCUT2D eigenvalue weighted by Gasteiger charge is -2.32. The summed E-state index contributed by atoms with van der Waals surface area (Å²) < 4.78 is 5.09. The van der Waals surface area contributed by atoms with Gasteiger partial charge in [0.1, 0.15) is 11.8 Å². The molecule has 1 saturated heterocycles.